The van der Waals surface area contributed by atoms with Crippen molar-refractivity contribution in [2.45, 2.75) is 18.6 Å². The molecule has 0 radical (unpaired) electrons. The van der Waals surface area contributed by atoms with Gasteiger partial charge in [-0.25, -0.2) is 0 Å². The minimum Gasteiger partial charge on any atom is -0.368 e. The number of amides is 2. The lowest BCUT2D eigenvalue weighted by molar-refractivity contribution is -0.137. The van der Waals surface area contributed by atoms with Gasteiger partial charge in [-0.05, 0) is 16.6 Å². The van der Waals surface area contributed by atoms with Gasteiger partial charge >= 0.3 is 6.18 Å². The van der Waals surface area contributed by atoms with Crippen LogP contribution in [0.2, 0.25) is 0 Å². The van der Waals surface area contributed by atoms with E-state index >= 15 is 0 Å². The van der Waals surface area contributed by atoms with Crippen molar-refractivity contribution in [3.63, 3.8) is 0 Å². The van der Waals surface area contributed by atoms with Gasteiger partial charge in [0.1, 0.15) is 6.04 Å². The Labute approximate surface area is 127 Å². The molecule has 0 aromatic heterocycles. The molecule has 0 spiro atoms. The van der Waals surface area contributed by atoms with Crippen molar-refractivity contribution in [3.05, 3.63) is 46.5 Å². The first-order valence-electron chi connectivity index (χ1n) is 5.72. The van der Waals surface area contributed by atoms with E-state index in [0.29, 0.717) is 4.48 Å². The van der Waals surface area contributed by atoms with E-state index in [1.165, 1.54) is 12.1 Å². The molecule has 0 bridgehead atoms. The van der Waals surface area contributed by atoms with Crippen molar-refractivity contribution in [2.24, 2.45) is 5.73 Å². The van der Waals surface area contributed by atoms with E-state index in [1.807, 2.05) is 0 Å². The summed E-state index contributed by atoms with van der Waals surface area (Å²) >= 11 is 3.00. The van der Waals surface area contributed by atoms with Crippen molar-refractivity contribution in [2.75, 3.05) is 0 Å². The molecule has 21 heavy (non-hydrogen) atoms. The van der Waals surface area contributed by atoms with Crippen LogP contribution in [0.15, 0.2) is 35.3 Å². The summed E-state index contributed by atoms with van der Waals surface area (Å²) < 4.78 is 38.8. The summed E-state index contributed by atoms with van der Waals surface area (Å²) in [7, 11) is 0. The van der Waals surface area contributed by atoms with Crippen LogP contribution < -0.4 is 11.1 Å². The summed E-state index contributed by atoms with van der Waals surface area (Å²) in [6, 6.07) is 3.14. The number of alkyl halides is 3. The lowest BCUT2D eigenvalue weighted by atomic mass is 10.1. The highest BCUT2D eigenvalue weighted by molar-refractivity contribution is 9.11. The predicted octanol–water partition coefficient (Wildman–Crippen LogP) is 2.59. The molecule has 1 aromatic rings. The van der Waals surface area contributed by atoms with Crippen LogP contribution in [-0.4, -0.2) is 17.9 Å². The van der Waals surface area contributed by atoms with Crippen molar-refractivity contribution < 1.29 is 22.8 Å². The number of hydrogen-bond donors (Lipinski definition) is 2. The van der Waals surface area contributed by atoms with Crippen LogP contribution in [0.3, 0.4) is 0 Å². The highest BCUT2D eigenvalue weighted by Gasteiger charge is 2.35. The summed E-state index contributed by atoms with van der Waals surface area (Å²) in [6.07, 6.45) is -4.69. The molecule has 0 unspecified atom stereocenters. The lowest BCUT2D eigenvalue weighted by Crippen LogP contribution is -2.44. The fourth-order valence-corrected chi connectivity index (χ4v) is 1.93. The highest BCUT2D eigenvalue weighted by atomic mass is 79.9. The molecule has 2 amide bonds. The van der Waals surface area contributed by atoms with Crippen LogP contribution in [0.5, 0.6) is 0 Å². The fraction of sp³-hybridized carbons (Fsp3) is 0.231. The van der Waals surface area contributed by atoms with Crippen LogP contribution in [0.4, 0.5) is 13.2 Å². The third-order valence-electron chi connectivity index (χ3n) is 2.55. The van der Waals surface area contributed by atoms with Gasteiger partial charge in [0.2, 0.25) is 5.91 Å². The van der Waals surface area contributed by atoms with Crippen LogP contribution in [0.1, 0.15) is 22.3 Å². The number of nitrogens with two attached hydrogens (primary N) is 1. The SMILES string of the molecule is C=C(Br)C[C@H](NC(=O)c1ccccc1C(F)(F)F)C(N)=O. The van der Waals surface area contributed by atoms with E-state index in [4.69, 9.17) is 5.73 Å². The molecule has 0 aliphatic rings. The largest absolute Gasteiger partial charge is 0.417 e. The normalized spacial score (nSPS) is 12.6. The summed E-state index contributed by atoms with van der Waals surface area (Å²) in [6.45, 7) is 3.49. The first-order chi connectivity index (χ1) is 9.62. The first-order valence-corrected chi connectivity index (χ1v) is 6.52. The molecule has 4 nitrogen and oxygen atoms in total. The quantitative estimate of drug-likeness (QED) is 0.842. The van der Waals surface area contributed by atoms with Gasteiger partial charge in [0.05, 0.1) is 11.1 Å². The van der Waals surface area contributed by atoms with E-state index < -0.39 is 35.2 Å². The number of nitrogens with one attached hydrogen (secondary N) is 1. The molecule has 1 atom stereocenters. The second-order valence-corrected chi connectivity index (χ2v) is 5.31. The highest BCUT2D eigenvalue weighted by Crippen LogP contribution is 2.31. The molecule has 1 aromatic carbocycles. The standard InChI is InChI=1S/C13H12BrF3N2O2/c1-7(14)6-10(11(18)20)19-12(21)8-4-2-3-5-9(8)13(15,16)17/h2-5,10H,1,6H2,(H2,18,20)(H,19,21)/t10-/m0/s1. The molecule has 0 aliphatic heterocycles. The summed E-state index contributed by atoms with van der Waals surface area (Å²) in [5.74, 6) is -1.89. The molecular weight excluding hydrogens is 353 g/mol. The number of rotatable bonds is 5. The average Bonchev–Trinajstić information content (AvgIpc) is 2.36. The lowest BCUT2D eigenvalue weighted by Gasteiger charge is -2.17. The Kier molecular flexibility index (Phi) is 5.54. The summed E-state index contributed by atoms with van der Waals surface area (Å²) in [5, 5.41) is 2.17. The summed E-state index contributed by atoms with van der Waals surface area (Å²) in [4.78, 5) is 23.2. The number of hydrogen-bond acceptors (Lipinski definition) is 2. The maximum atomic E-state index is 12.8. The van der Waals surface area contributed by atoms with Gasteiger partial charge < -0.3 is 11.1 Å². The maximum Gasteiger partial charge on any atom is 0.417 e. The van der Waals surface area contributed by atoms with Gasteiger partial charge in [-0.2, -0.15) is 13.2 Å². The van der Waals surface area contributed by atoms with Crippen LogP contribution in [0, 0.1) is 0 Å². The van der Waals surface area contributed by atoms with Gasteiger partial charge in [-0.1, -0.05) is 34.6 Å². The molecule has 8 heteroatoms. The molecular formula is C13H12BrF3N2O2. The average molecular weight is 365 g/mol. The molecule has 114 valence electrons. The van der Waals surface area contributed by atoms with Crippen molar-refractivity contribution >= 4 is 27.7 Å². The van der Waals surface area contributed by atoms with E-state index in [1.54, 1.807) is 0 Å². The molecule has 0 fully saturated rings. The van der Waals surface area contributed by atoms with Gasteiger partial charge in [0.15, 0.2) is 0 Å². The second kappa shape index (κ2) is 6.75. The van der Waals surface area contributed by atoms with Crippen LogP contribution >= 0.6 is 15.9 Å². The zero-order valence-corrected chi connectivity index (χ0v) is 12.3. The third-order valence-corrected chi connectivity index (χ3v) is 2.88. The van der Waals surface area contributed by atoms with E-state index in [0.717, 1.165) is 12.1 Å². The zero-order chi connectivity index (χ0) is 16.2. The number of primary amides is 1. The minimum absolute atomic E-state index is 0.0186. The second-order valence-electron chi connectivity index (χ2n) is 4.19. The van der Waals surface area contributed by atoms with Crippen LogP contribution in [0.25, 0.3) is 0 Å². The van der Waals surface area contributed by atoms with E-state index in [9.17, 15) is 22.8 Å². The smallest absolute Gasteiger partial charge is 0.368 e. The Morgan fingerprint density at radius 2 is 1.90 bits per heavy atom. The minimum atomic E-state index is -4.67. The Hall–Kier alpha value is -1.83. The number of carbonyl (C=O) groups excluding carboxylic acids is 2. The van der Waals surface area contributed by atoms with E-state index in [-0.39, 0.29) is 6.42 Å². The monoisotopic (exact) mass is 364 g/mol. The van der Waals surface area contributed by atoms with Crippen molar-refractivity contribution in [1.29, 1.82) is 0 Å². The first kappa shape index (κ1) is 17.2. The van der Waals surface area contributed by atoms with Gasteiger partial charge in [0, 0.05) is 6.42 Å². The number of carbonyl (C=O) groups is 2. The van der Waals surface area contributed by atoms with Crippen molar-refractivity contribution in [3.8, 4) is 0 Å². The zero-order valence-electron chi connectivity index (χ0n) is 10.7. The molecule has 3 N–H and O–H groups in total. The molecule has 0 heterocycles. The molecule has 0 aliphatic carbocycles. The van der Waals surface area contributed by atoms with Crippen LogP contribution in [-0.2, 0) is 11.0 Å². The molecule has 0 saturated heterocycles. The molecule has 0 saturated carbocycles. The number of halogens is 4. The Bertz CT molecular complexity index is 573. The number of benzene rings is 1. The van der Waals surface area contributed by atoms with Gasteiger partial charge in [0.25, 0.3) is 5.91 Å². The Balaban J connectivity index is 3.04. The van der Waals surface area contributed by atoms with Gasteiger partial charge in [-0.15, -0.1) is 0 Å². The maximum absolute atomic E-state index is 12.8. The fourth-order valence-electron chi connectivity index (χ4n) is 1.61. The molecule has 1 rings (SSSR count). The topological polar surface area (TPSA) is 72.2 Å². The summed E-state index contributed by atoms with van der Waals surface area (Å²) in [5.41, 5.74) is 3.44. The van der Waals surface area contributed by atoms with Crippen molar-refractivity contribution in [1.82, 2.24) is 5.32 Å². The Morgan fingerprint density at radius 1 is 1.33 bits per heavy atom. The van der Waals surface area contributed by atoms with Gasteiger partial charge in [-0.3, -0.25) is 9.59 Å². The predicted molar refractivity (Wildman–Crippen MR) is 74.6 cm³/mol. The van der Waals surface area contributed by atoms with E-state index in [2.05, 4.69) is 27.8 Å². The third kappa shape index (κ3) is 4.89. The Morgan fingerprint density at radius 3 is 2.38 bits per heavy atom.